The topological polar surface area (TPSA) is 20.2 Å². The van der Waals surface area contributed by atoms with Gasteiger partial charge >= 0.3 is 0 Å². The monoisotopic (exact) mass is 248 g/mol. The van der Waals surface area contributed by atoms with E-state index in [0.717, 1.165) is 0 Å². The number of halogens is 8. The highest BCUT2D eigenvalue weighted by molar-refractivity contribution is 4.58. The fraction of sp³-hybridized carbons (Fsp3) is 1.00. The van der Waals surface area contributed by atoms with Gasteiger partial charge in [-0.05, 0) is 0 Å². The molecule has 0 amide bonds. The average molecular weight is 248 g/mol. The van der Waals surface area contributed by atoms with Crippen LogP contribution in [0.1, 0.15) is 0 Å². The summed E-state index contributed by atoms with van der Waals surface area (Å²) in [5, 5.41) is 7.47. The van der Waals surface area contributed by atoms with Crippen LogP contribution in [-0.4, -0.2) is 43.3 Å². The Morgan fingerprint density at radius 2 is 1.20 bits per heavy atom. The molecule has 0 saturated carbocycles. The van der Waals surface area contributed by atoms with E-state index in [4.69, 9.17) is 5.11 Å². The maximum atomic E-state index is 11.3. The van der Waals surface area contributed by atoms with Crippen molar-refractivity contribution in [2.75, 3.05) is 6.67 Å². The fourth-order valence-corrected chi connectivity index (χ4v) is 0.187. The zero-order valence-corrected chi connectivity index (χ0v) is 7.06. The second-order valence-corrected chi connectivity index (χ2v) is 2.16. The van der Waals surface area contributed by atoms with Gasteiger partial charge in [-0.2, -0.15) is 0 Å². The summed E-state index contributed by atoms with van der Waals surface area (Å²) in [6.07, 6.45) is -15.4. The van der Waals surface area contributed by atoms with E-state index in [1.54, 1.807) is 0 Å². The molecule has 0 aromatic carbocycles. The maximum Gasteiger partial charge on any atom is 0.274 e. The predicted molar refractivity (Wildman–Crippen MR) is 34.9 cm³/mol. The third kappa shape index (κ3) is 9.70. The first kappa shape index (κ1) is 16.8. The minimum Gasteiger partial charge on any atom is -0.362 e. The van der Waals surface area contributed by atoms with Crippen molar-refractivity contribution >= 4 is 0 Å². The van der Waals surface area contributed by atoms with Crippen LogP contribution < -0.4 is 0 Å². The third-order valence-corrected chi connectivity index (χ3v) is 0.924. The average Bonchev–Trinajstić information content (AvgIpc) is 2.15. The van der Waals surface area contributed by atoms with Crippen LogP contribution in [0.15, 0.2) is 0 Å². The first-order chi connectivity index (χ1) is 6.73. The van der Waals surface area contributed by atoms with Gasteiger partial charge in [0.25, 0.3) is 12.9 Å². The molecule has 1 nitrogen and oxygen atoms in total. The summed E-state index contributed by atoms with van der Waals surface area (Å²) in [6.45, 7) is -1.60. The molecule has 0 aliphatic rings. The van der Waals surface area contributed by atoms with Gasteiger partial charge < -0.3 is 5.11 Å². The number of hydrogen-bond acceptors (Lipinski definition) is 1. The maximum absolute atomic E-state index is 11.3. The highest BCUT2D eigenvalue weighted by atomic mass is 19.3. The molecule has 3 unspecified atom stereocenters. The Bertz CT molecular complexity index is 133. The number of hydrogen-bond donors (Lipinski definition) is 1. The van der Waals surface area contributed by atoms with Crippen molar-refractivity contribution in [2.24, 2.45) is 0 Å². The molecule has 0 bridgehead atoms. The molecule has 0 radical (unpaired) electrons. The van der Waals surface area contributed by atoms with Crippen LogP contribution in [0.25, 0.3) is 0 Å². The highest BCUT2D eigenvalue weighted by Gasteiger charge is 2.27. The Balaban J connectivity index is 0. The minimum absolute atomic E-state index is 1.60. The molecule has 0 heterocycles. The van der Waals surface area contributed by atoms with E-state index < -0.39 is 38.2 Å². The first-order valence-electron chi connectivity index (χ1n) is 3.46. The molecule has 15 heavy (non-hydrogen) atoms. The van der Waals surface area contributed by atoms with Crippen LogP contribution in [0.3, 0.4) is 0 Å². The van der Waals surface area contributed by atoms with Gasteiger partial charge in [0.1, 0.15) is 6.67 Å². The summed E-state index contributed by atoms with van der Waals surface area (Å²) < 4.78 is 87.7. The predicted octanol–water partition coefficient (Wildman–Crippen LogP) is 2.44. The van der Waals surface area contributed by atoms with Crippen LogP contribution in [0.2, 0.25) is 0 Å². The lowest BCUT2D eigenvalue weighted by atomic mass is 10.4. The van der Waals surface area contributed by atoms with E-state index in [-0.39, 0.29) is 0 Å². The third-order valence-electron chi connectivity index (χ3n) is 0.924. The van der Waals surface area contributed by atoms with Crippen molar-refractivity contribution in [2.45, 2.75) is 31.6 Å². The van der Waals surface area contributed by atoms with E-state index in [9.17, 15) is 35.1 Å². The second-order valence-electron chi connectivity index (χ2n) is 2.16. The molecule has 0 aliphatic carbocycles. The van der Waals surface area contributed by atoms with E-state index >= 15 is 0 Å². The van der Waals surface area contributed by atoms with Crippen LogP contribution in [0.4, 0.5) is 35.1 Å². The van der Waals surface area contributed by atoms with Crippen molar-refractivity contribution in [1.82, 2.24) is 0 Å². The van der Waals surface area contributed by atoms with E-state index in [1.165, 1.54) is 0 Å². The van der Waals surface area contributed by atoms with Gasteiger partial charge in [-0.25, -0.2) is 35.1 Å². The van der Waals surface area contributed by atoms with E-state index in [1.807, 2.05) is 0 Å². The van der Waals surface area contributed by atoms with Crippen molar-refractivity contribution < 1.29 is 40.2 Å². The summed E-state index contributed by atoms with van der Waals surface area (Å²) in [6, 6.07) is 0. The Morgan fingerprint density at radius 3 is 1.20 bits per heavy atom. The van der Waals surface area contributed by atoms with Gasteiger partial charge in [0.2, 0.25) is 12.5 Å². The molecule has 0 saturated heterocycles. The highest BCUT2D eigenvalue weighted by Crippen LogP contribution is 2.09. The molecule has 0 rings (SSSR count). The van der Waals surface area contributed by atoms with E-state index in [0.29, 0.717) is 0 Å². The first-order valence-corrected chi connectivity index (χ1v) is 3.46. The Kier molecular flexibility index (Phi) is 9.74. The summed E-state index contributed by atoms with van der Waals surface area (Å²) in [4.78, 5) is 0. The van der Waals surface area contributed by atoms with Crippen molar-refractivity contribution in [1.29, 1.82) is 0 Å². The second kappa shape index (κ2) is 8.69. The Hall–Kier alpha value is -0.600. The lowest BCUT2D eigenvalue weighted by Gasteiger charge is -2.04. The molecule has 0 aromatic heterocycles. The van der Waals surface area contributed by atoms with Crippen LogP contribution >= 0.6 is 0 Å². The Labute approximate surface area is 79.7 Å². The van der Waals surface area contributed by atoms with E-state index in [2.05, 4.69) is 0 Å². The van der Waals surface area contributed by atoms with Gasteiger partial charge in [0.15, 0.2) is 6.17 Å². The quantitative estimate of drug-likeness (QED) is 0.757. The molecular weight excluding hydrogens is 240 g/mol. The lowest BCUT2D eigenvalue weighted by molar-refractivity contribution is -0.0892. The van der Waals surface area contributed by atoms with Crippen LogP contribution in [0.5, 0.6) is 0 Å². The standard InChI is InChI=1S/C3H4F4O.C3H4F4/c4-1(2(5)6)3(7)8;4-1-2(5)3(6)7/h1-3,8H;2-3H,1H2. The van der Waals surface area contributed by atoms with Crippen LogP contribution in [0, 0.1) is 0 Å². The molecule has 0 aromatic rings. The van der Waals surface area contributed by atoms with Gasteiger partial charge in [-0.3, -0.25) is 0 Å². The number of aliphatic hydroxyl groups excluding tert-OH is 1. The molecule has 0 fully saturated rings. The van der Waals surface area contributed by atoms with Crippen molar-refractivity contribution in [3.63, 3.8) is 0 Å². The molecule has 3 atom stereocenters. The smallest absolute Gasteiger partial charge is 0.274 e. The summed E-state index contributed by atoms with van der Waals surface area (Å²) in [5.41, 5.74) is 0. The zero-order valence-electron chi connectivity index (χ0n) is 7.06. The molecular formula is C6H8F8O. The zero-order chi connectivity index (χ0) is 12.6. The molecule has 0 spiro atoms. The van der Waals surface area contributed by atoms with Gasteiger partial charge in [-0.15, -0.1) is 0 Å². The largest absolute Gasteiger partial charge is 0.362 e. The minimum atomic E-state index is -3.45. The molecule has 9 heteroatoms. The number of rotatable bonds is 4. The van der Waals surface area contributed by atoms with Crippen molar-refractivity contribution in [3.8, 4) is 0 Å². The molecule has 1 N–H and O–H groups in total. The molecule has 94 valence electrons. The summed E-state index contributed by atoms with van der Waals surface area (Å²) in [5.74, 6) is 0. The number of aliphatic hydroxyl groups is 1. The van der Waals surface area contributed by atoms with Gasteiger partial charge in [0.05, 0.1) is 0 Å². The SMILES string of the molecule is FCC(F)C(F)F.OC(F)C(F)C(F)F. The fourth-order valence-electron chi connectivity index (χ4n) is 0.187. The molecule has 0 aliphatic heterocycles. The van der Waals surface area contributed by atoms with Crippen molar-refractivity contribution in [3.05, 3.63) is 0 Å². The summed E-state index contributed by atoms with van der Waals surface area (Å²) in [7, 11) is 0. The van der Waals surface area contributed by atoms with Gasteiger partial charge in [-0.1, -0.05) is 0 Å². The van der Waals surface area contributed by atoms with Gasteiger partial charge in [0, 0.05) is 0 Å². The lowest BCUT2D eigenvalue weighted by Crippen LogP contribution is -2.24. The van der Waals surface area contributed by atoms with Crippen LogP contribution in [-0.2, 0) is 0 Å². The normalized spacial score (nSPS) is 17.0. The number of alkyl halides is 8. The Morgan fingerprint density at radius 1 is 0.800 bits per heavy atom. The summed E-state index contributed by atoms with van der Waals surface area (Å²) >= 11 is 0.